The van der Waals surface area contributed by atoms with E-state index in [9.17, 15) is 0 Å². The van der Waals surface area contributed by atoms with Crippen LogP contribution in [0.25, 0.3) is 0 Å². The summed E-state index contributed by atoms with van der Waals surface area (Å²) in [7, 11) is 0. The molecule has 0 heterocycles. The van der Waals surface area contributed by atoms with E-state index < -0.39 is 0 Å². The fourth-order valence-corrected chi connectivity index (χ4v) is 1.93. The molecule has 0 aliphatic heterocycles. The monoisotopic (exact) mass is 285 g/mol. The van der Waals surface area contributed by atoms with Gasteiger partial charge in [-0.25, -0.2) is 12.1 Å². The minimum Gasteiger partial charge on any atom is -0.748 e. The van der Waals surface area contributed by atoms with Crippen molar-refractivity contribution < 1.29 is 18.6 Å². The maximum atomic E-state index is 2.24. The van der Waals surface area contributed by atoms with Crippen LogP contribution in [0, 0.1) is 0 Å². The van der Waals surface area contributed by atoms with Crippen LogP contribution in [0.3, 0.4) is 0 Å². The van der Waals surface area contributed by atoms with Crippen molar-refractivity contribution >= 4 is 0 Å². The fraction of sp³-hybridized carbons (Fsp3) is 0.111. The fourth-order valence-electron chi connectivity index (χ4n) is 1.93. The topological polar surface area (TPSA) is 0 Å². The van der Waals surface area contributed by atoms with E-state index in [1.165, 1.54) is 11.1 Å². The average molecular weight is 285 g/mol. The second-order valence-electron chi connectivity index (χ2n) is 4.31. The summed E-state index contributed by atoms with van der Waals surface area (Å²) < 4.78 is 0. The SMILES string of the molecule is CC(c1ccccc1)[c-]1cccc1.[V].[cH-]1[cH-][cH-][cH-][cH-]1. The van der Waals surface area contributed by atoms with Crippen LogP contribution in [0.4, 0.5) is 0 Å². The van der Waals surface area contributed by atoms with E-state index in [1.54, 1.807) is 0 Å². The van der Waals surface area contributed by atoms with E-state index in [1.807, 2.05) is 30.3 Å². The van der Waals surface area contributed by atoms with Crippen molar-refractivity contribution in [3.8, 4) is 0 Å². The third kappa shape index (κ3) is 4.94. The summed E-state index contributed by atoms with van der Waals surface area (Å²) in [6.45, 7) is 2.24. The van der Waals surface area contributed by atoms with Gasteiger partial charge in [0.1, 0.15) is 0 Å². The normalized spacial score (nSPS) is 10.8. The van der Waals surface area contributed by atoms with Gasteiger partial charge < -0.3 is 30.3 Å². The van der Waals surface area contributed by atoms with Gasteiger partial charge in [-0.1, -0.05) is 42.8 Å². The van der Waals surface area contributed by atoms with Gasteiger partial charge in [-0.05, 0) is 5.92 Å². The van der Waals surface area contributed by atoms with Gasteiger partial charge in [0, 0.05) is 18.6 Å². The first-order valence-electron chi connectivity index (χ1n) is 6.31. The van der Waals surface area contributed by atoms with Gasteiger partial charge in [0.25, 0.3) is 0 Å². The number of benzene rings is 1. The van der Waals surface area contributed by atoms with E-state index in [2.05, 4.69) is 61.5 Å². The van der Waals surface area contributed by atoms with E-state index >= 15 is 0 Å². The minimum atomic E-state index is 0. The predicted octanol–water partition coefficient (Wildman–Crippen LogP) is 4.96. The molecule has 0 fully saturated rings. The molecule has 0 N–H and O–H groups in total. The van der Waals surface area contributed by atoms with E-state index in [0.717, 1.165) is 0 Å². The maximum Gasteiger partial charge on any atom is 0 e. The Hall–Kier alpha value is -1.50. The van der Waals surface area contributed by atoms with Crippen LogP contribution >= 0.6 is 0 Å². The number of hydrogen-bond donors (Lipinski definition) is 0. The molecule has 1 radical (unpaired) electrons. The molecule has 3 aromatic carbocycles. The molecule has 0 amide bonds. The molecule has 1 heteroatoms. The van der Waals surface area contributed by atoms with Crippen molar-refractivity contribution in [2.45, 2.75) is 12.8 Å². The van der Waals surface area contributed by atoms with Gasteiger partial charge in [-0.2, -0.15) is 17.7 Å². The summed E-state index contributed by atoms with van der Waals surface area (Å²) in [5.74, 6) is 0.510. The first-order chi connectivity index (χ1) is 8.88. The second kappa shape index (κ2) is 8.58. The summed E-state index contributed by atoms with van der Waals surface area (Å²) in [6.07, 6.45) is 0. The Morgan fingerprint density at radius 1 is 0.789 bits per heavy atom. The van der Waals surface area contributed by atoms with Crippen LogP contribution in [-0.4, -0.2) is 0 Å². The van der Waals surface area contributed by atoms with Crippen LogP contribution in [0.5, 0.6) is 0 Å². The Bertz CT molecular complexity index is 489. The molecule has 101 valence electrons. The second-order valence-corrected chi connectivity index (χ2v) is 4.31. The van der Waals surface area contributed by atoms with Gasteiger partial charge in [0.05, 0.1) is 0 Å². The maximum absolute atomic E-state index is 2.24. The van der Waals surface area contributed by atoms with Crippen molar-refractivity contribution in [3.05, 3.63) is 96.1 Å². The minimum absolute atomic E-state index is 0. The van der Waals surface area contributed by atoms with Gasteiger partial charge in [0.2, 0.25) is 0 Å². The van der Waals surface area contributed by atoms with Crippen LogP contribution in [0.1, 0.15) is 24.0 Å². The van der Waals surface area contributed by atoms with Crippen LogP contribution < -0.4 is 0 Å². The molecule has 0 aliphatic carbocycles. The standard InChI is InChI=1S/C13H13.C5H5.V/c1-11(13-9-5-6-10-13)12-7-3-2-4-8-12;1-2-4-5-3-1;/h2-11H,1H3;1-5H;/q-1;-5;. The van der Waals surface area contributed by atoms with Crippen molar-refractivity contribution in [2.24, 2.45) is 0 Å². The summed E-state index contributed by atoms with van der Waals surface area (Å²) in [5.41, 5.74) is 2.78. The third-order valence-electron chi connectivity index (χ3n) is 3.04. The molecule has 0 aliphatic rings. The predicted molar refractivity (Wildman–Crippen MR) is 78.0 cm³/mol. The summed E-state index contributed by atoms with van der Waals surface area (Å²) in [6, 6.07) is 29.1. The molecule has 0 bridgehead atoms. The van der Waals surface area contributed by atoms with Gasteiger partial charge in [0.15, 0.2) is 0 Å². The molecule has 1 atom stereocenters. The molecule has 0 aromatic heterocycles. The molecule has 0 saturated heterocycles. The van der Waals surface area contributed by atoms with Crippen LogP contribution in [-0.2, 0) is 18.6 Å². The average Bonchev–Trinajstić information content (AvgIpc) is 3.14. The smallest absolute Gasteiger partial charge is 0 e. The molecule has 0 spiro atoms. The van der Waals surface area contributed by atoms with Crippen molar-refractivity contribution in [3.63, 3.8) is 0 Å². The Morgan fingerprint density at radius 2 is 1.26 bits per heavy atom. The molecular formula is C18H18V-6. The number of hydrogen-bond acceptors (Lipinski definition) is 0. The first kappa shape index (κ1) is 15.6. The molecule has 1 unspecified atom stereocenters. The molecular weight excluding hydrogens is 267 g/mol. The summed E-state index contributed by atoms with van der Waals surface area (Å²) in [4.78, 5) is 0. The Morgan fingerprint density at radius 3 is 1.74 bits per heavy atom. The van der Waals surface area contributed by atoms with Crippen molar-refractivity contribution in [2.75, 3.05) is 0 Å². The zero-order chi connectivity index (χ0) is 12.6. The summed E-state index contributed by atoms with van der Waals surface area (Å²) in [5, 5.41) is 0. The third-order valence-corrected chi connectivity index (χ3v) is 3.04. The molecule has 3 aromatic rings. The Kier molecular flexibility index (Phi) is 7.03. The van der Waals surface area contributed by atoms with E-state index in [-0.39, 0.29) is 18.6 Å². The molecule has 0 saturated carbocycles. The van der Waals surface area contributed by atoms with Gasteiger partial charge in [-0.15, -0.1) is 0 Å². The largest absolute Gasteiger partial charge is 0.748 e. The molecule has 19 heavy (non-hydrogen) atoms. The van der Waals surface area contributed by atoms with Crippen molar-refractivity contribution in [1.82, 2.24) is 0 Å². The van der Waals surface area contributed by atoms with E-state index in [4.69, 9.17) is 0 Å². The quantitative estimate of drug-likeness (QED) is 0.584. The molecule has 3 rings (SSSR count). The zero-order valence-corrected chi connectivity index (χ0v) is 12.5. The molecule has 0 nitrogen and oxygen atoms in total. The van der Waals surface area contributed by atoms with E-state index in [0.29, 0.717) is 5.92 Å². The zero-order valence-electron chi connectivity index (χ0n) is 11.1. The van der Waals surface area contributed by atoms with Crippen LogP contribution in [0.15, 0.2) is 84.9 Å². The Balaban J connectivity index is 0.000000256. The van der Waals surface area contributed by atoms with Gasteiger partial charge >= 0.3 is 0 Å². The summed E-state index contributed by atoms with van der Waals surface area (Å²) >= 11 is 0. The van der Waals surface area contributed by atoms with Crippen LogP contribution in [0.2, 0.25) is 0 Å². The van der Waals surface area contributed by atoms with Gasteiger partial charge in [-0.3, -0.25) is 0 Å². The number of rotatable bonds is 2. The Labute approximate surface area is 127 Å². The first-order valence-corrected chi connectivity index (χ1v) is 6.31. The van der Waals surface area contributed by atoms with Crippen molar-refractivity contribution in [1.29, 1.82) is 0 Å².